The molecule has 0 saturated carbocycles. The lowest BCUT2D eigenvalue weighted by molar-refractivity contribution is 0.174. The molecule has 1 fully saturated rings. The Labute approximate surface area is 94.9 Å². The maximum atomic E-state index is 5.34. The summed E-state index contributed by atoms with van der Waals surface area (Å²) in [4.78, 5) is 0. The van der Waals surface area contributed by atoms with Crippen molar-refractivity contribution < 1.29 is 9.47 Å². The van der Waals surface area contributed by atoms with Gasteiger partial charge in [-0.15, -0.1) is 0 Å². The van der Waals surface area contributed by atoms with Crippen LogP contribution < -0.4 is 20.1 Å². The van der Waals surface area contributed by atoms with Crippen molar-refractivity contribution in [1.29, 1.82) is 0 Å². The molecule has 2 aliphatic rings. The molecule has 16 heavy (non-hydrogen) atoms. The van der Waals surface area contributed by atoms with Gasteiger partial charge in [-0.2, -0.15) is 0 Å². The Kier molecular flexibility index (Phi) is 2.68. The van der Waals surface area contributed by atoms with Gasteiger partial charge in [-0.25, -0.2) is 0 Å². The van der Waals surface area contributed by atoms with E-state index >= 15 is 0 Å². The van der Waals surface area contributed by atoms with E-state index in [1.165, 1.54) is 5.56 Å². The highest BCUT2D eigenvalue weighted by Crippen LogP contribution is 2.32. The fourth-order valence-electron chi connectivity index (χ4n) is 1.96. The number of rotatable bonds is 4. The zero-order valence-electron chi connectivity index (χ0n) is 9.16. The van der Waals surface area contributed by atoms with Crippen LogP contribution in [0.4, 0.5) is 0 Å². The molecule has 4 heteroatoms. The second kappa shape index (κ2) is 4.31. The summed E-state index contributed by atoms with van der Waals surface area (Å²) < 4.78 is 10.6. The van der Waals surface area contributed by atoms with Gasteiger partial charge < -0.3 is 20.1 Å². The molecular formula is C12H16N2O2. The molecule has 0 bridgehead atoms. The van der Waals surface area contributed by atoms with Crippen LogP contribution in [0.5, 0.6) is 11.5 Å². The number of hydrogen-bond acceptors (Lipinski definition) is 4. The minimum absolute atomic E-state index is 0.347. The Morgan fingerprint density at radius 3 is 2.94 bits per heavy atom. The molecule has 0 amide bonds. The molecule has 0 unspecified atom stereocenters. The zero-order valence-corrected chi connectivity index (χ0v) is 9.16. The molecule has 0 radical (unpaired) electrons. The second-order valence-corrected chi connectivity index (χ2v) is 4.34. The average molecular weight is 220 g/mol. The molecular weight excluding hydrogens is 204 g/mol. The lowest BCUT2D eigenvalue weighted by Crippen LogP contribution is -2.47. The van der Waals surface area contributed by atoms with Gasteiger partial charge >= 0.3 is 0 Å². The Bertz CT molecular complexity index is 377. The largest absolute Gasteiger partial charge is 0.454 e. The third kappa shape index (κ3) is 1.99. The first-order valence-electron chi connectivity index (χ1n) is 5.72. The second-order valence-electron chi connectivity index (χ2n) is 4.34. The van der Waals surface area contributed by atoms with Crippen molar-refractivity contribution in [2.24, 2.45) is 5.92 Å². The van der Waals surface area contributed by atoms with E-state index < -0.39 is 0 Å². The number of nitrogens with one attached hydrogen (secondary N) is 2. The molecule has 2 aliphatic heterocycles. The predicted octanol–water partition coefficient (Wildman–Crippen LogP) is 0.724. The highest BCUT2D eigenvalue weighted by molar-refractivity contribution is 5.44. The van der Waals surface area contributed by atoms with Gasteiger partial charge in [0.25, 0.3) is 0 Å². The maximum absolute atomic E-state index is 5.34. The standard InChI is InChI=1S/C12H16N2O2/c1-2-11-12(16-8-15-11)3-9(1)4-13-5-10-6-14-7-10/h1-3,10,13-14H,4-8H2. The zero-order chi connectivity index (χ0) is 10.8. The molecule has 1 saturated heterocycles. The molecule has 86 valence electrons. The van der Waals surface area contributed by atoms with Crippen molar-refractivity contribution in [1.82, 2.24) is 10.6 Å². The van der Waals surface area contributed by atoms with E-state index in [0.717, 1.165) is 43.6 Å². The van der Waals surface area contributed by atoms with Gasteiger partial charge in [0.1, 0.15) is 0 Å². The Hall–Kier alpha value is -1.26. The first-order chi connectivity index (χ1) is 7.92. The lowest BCUT2D eigenvalue weighted by Gasteiger charge is -2.27. The summed E-state index contributed by atoms with van der Waals surface area (Å²) in [5.74, 6) is 2.52. The van der Waals surface area contributed by atoms with Crippen molar-refractivity contribution in [3.8, 4) is 11.5 Å². The van der Waals surface area contributed by atoms with Crippen molar-refractivity contribution in [3.63, 3.8) is 0 Å². The van der Waals surface area contributed by atoms with Crippen LogP contribution in [0.2, 0.25) is 0 Å². The molecule has 3 rings (SSSR count). The summed E-state index contributed by atoms with van der Waals surface area (Å²) in [5.41, 5.74) is 1.25. The van der Waals surface area contributed by atoms with Crippen LogP contribution in [-0.2, 0) is 6.54 Å². The van der Waals surface area contributed by atoms with Crippen molar-refractivity contribution in [2.45, 2.75) is 6.54 Å². The quantitative estimate of drug-likeness (QED) is 0.785. The fraction of sp³-hybridized carbons (Fsp3) is 0.500. The summed E-state index contributed by atoms with van der Waals surface area (Å²) in [6.07, 6.45) is 0. The number of benzene rings is 1. The molecule has 0 aromatic heterocycles. The van der Waals surface area contributed by atoms with E-state index in [1.807, 2.05) is 12.1 Å². The van der Waals surface area contributed by atoms with Crippen LogP contribution in [0, 0.1) is 5.92 Å². The van der Waals surface area contributed by atoms with E-state index in [2.05, 4.69) is 16.7 Å². The normalized spacial score (nSPS) is 18.5. The summed E-state index contributed by atoms with van der Waals surface area (Å²) >= 11 is 0. The van der Waals surface area contributed by atoms with E-state index in [4.69, 9.17) is 9.47 Å². The van der Waals surface area contributed by atoms with E-state index in [-0.39, 0.29) is 0 Å². The molecule has 0 aliphatic carbocycles. The van der Waals surface area contributed by atoms with Crippen LogP contribution in [0.15, 0.2) is 18.2 Å². The molecule has 4 nitrogen and oxygen atoms in total. The minimum atomic E-state index is 0.347. The van der Waals surface area contributed by atoms with Gasteiger partial charge in [-0.05, 0) is 23.6 Å². The highest BCUT2D eigenvalue weighted by atomic mass is 16.7. The lowest BCUT2D eigenvalue weighted by atomic mass is 10.0. The topological polar surface area (TPSA) is 42.5 Å². The Morgan fingerprint density at radius 1 is 1.25 bits per heavy atom. The summed E-state index contributed by atoms with van der Waals surface area (Å²) in [6, 6.07) is 6.11. The summed E-state index contributed by atoms with van der Waals surface area (Å²) in [7, 11) is 0. The van der Waals surface area contributed by atoms with Gasteiger partial charge in [0.05, 0.1) is 0 Å². The minimum Gasteiger partial charge on any atom is -0.454 e. The molecule has 1 aromatic rings. The van der Waals surface area contributed by atoms with Gasteiger partial charge in [0.15, 0.2) is 11.5 Å². The van der Waals surface area contributed by atoms with Crippen molar-refractivity contribution in [3.05, 3.63) is 23.8 Å². The number of fused-ring (bicyclic) bond motifs is 1. The molecule has 0 spiro atoms. The highest BCUT2D eigenvalue weighted by Gasteiger charge is 2.16. The van der Waals surface area contributed by atoms with Gasteiger partial charge in [0, 0.05) is 26.2 Å². The summed E-state index contributed by atoms with van der Waals surface area (Å²) in [6.45, 7) is 4.62. The molecule has 2 N–H and O–H groups in total. The third-order valence-corrected chi connectivity index (χ3v) is 3.07. The SMILES string of the molecule is c1cc2c(cc1CNCC1CNC1)OCO2. The van der Waals surface area contributed by atoms with E-state index in [0.29, 0.717) is 6.79 Å². The predicted molar refractivity (Wildman–Crippen MR) is 60.6 cm³/mol. The first-order valence-corrected chi connectivity index (χ1v) is 5.72. The average Bonchev–Trinajstić information content (AvgIpc) is 2.68. The molecule has 0 atom stereocenters. The monoisotopic (exact) mass is 220 g/mol. The molecule has 1 aromatic carbocycles. The van der Waals surface area contributed by atoms with Crippen LogP contribution >= 0.6 is 0 Å². The smallest absolute Gasteiger partial charge is 0.231 e. The Balaban J connectivity index is 1.53. The van der Waals surface area contributed by atoms with Crippen molar-refractivity contribution in [2.75, 3.05) is 26.4 Å². The van der Waals surface area contributed by atoms with E-state index in [1.54, 1.807) is 0 Å². The number of ether oxygens (including phenoxy) is 2. The van der Waals surface area contributed by atoms with Crippen LogP contribution in [0.1, 0.15) is 5.56 Å². The molecule has 2 heterocycles. The van der Waals surface area contributed by atoms with Gasteiger partial charge in [-0.1, -0.05) is 6.07 Å². The Morgan fingerprint density at radius 2 is 2.12 bits per heavy atom. The number of hydrogen-bond donors (Lipinski definition) is 2. The van der Waals surface area contributed by atoms with E-state index in [9.17, 15) is 0 Å². The van der Waals surface area contributed by atoms with Crippen LogP contribution in [-0.4, -0.2) is 26.4 Å². The van der Waals surface area contributed by atoms with Gasteiger partial charge in [0.2, 0.25) is 6.79 Å². The maximum Gasteiger partial charge on any atom is 0.231 e. The van der Waals surface area contributed by atoms with Gasteiger partial charge in [-0.3, -0.25) is 0 Å². The third-order valence-electron chi connectivity index (χ3n) is 3.07. The first kappa shape index (κ1) is 9.93. The van der Waals surface area contributed by atoms with Crippen LogP contribution in [0.25, 0.3) is 0 Å². The summed E-state index contributed by atoms with van der Waals surface area (Å²) in [5, 5.41) is 6.73. The van der Waals surface area contributed by atoms with Crippen LogP contribution in [0.3, 0.4) is 0 Å². The van der Waals surface area contributed by atoms with Crippen molar-refractivity contribution >= 4 is 0 Å². The fourth-order valence-corrected chi connectivity index (χ4v) is 1.96.